The fraction of sp³-hybridized carbons (Fsp3) is 0.318. The Morgan fingerprint density at radius 1 is 1.21 bits per heavy atom. The molecule has 172 valence electrons. The monoisotopic (exact) mass is 469 g/mol. The van der Waals surface area contributed by atoms with E-state index in [1.165, 1.54) is 4.80 Å². The van der Waals surface area contributed by atoms with Crippen LogP contribution in [0.1, 0.15) is 19.4 Å². The van der Waals surface area contributed by atoms with Crippen LogP contribution in [0.4, 0.5) is 5.69 Å². The van der Waals surface area contributed by atoms with Gasteiger partial charge in [-0.3, -0.25) is 9.36 Å². The summed E-state index contributed by atoms with van der Waals surface area (Å²) in [5, 5.41) is 16.0. The predicted molar refractivity (Wildman–Crippen MR) is 125 cm³/mol. The summed E-state index contributed by atoms with van der Waals surface area (Å²) in [6, 6.07) is 11.5. The lowest BCUT2D eigenvalue weighted by Gasteiger charge is -2.14. The molecule has 0 aliphatic rings. The maximum Gasteiger partial charge on any atom is 0.419 e. The fourth-order valence-electron chi connectivity index (χ4n) is 3.40. The van der Waals surface area contributed by atoms with Gasteiger partial charge in [0.25, 0.3) is 5.91 Å². The van der Waals surface area contributed by atoms with Gasteiger partial charge in [0, 0.05) is 29.4 Å². The fourth-order valence-corrected chi connectivity index (χ4v) is 3.53. The Balaban J connectivity index is 1.54. The van der Waals surface area contributed by atoms with Crippen molar-refractivity contribution < 1.29 is 9.21 Å². The molecule has 0 fully saturated rings. The van der Waals surface area contributed by atoms with Gasteiger partial charge in [-0.2, -0.15) is 4.80 Å². The van der Waals surface area contributed by atoms with E-state index in [1.54, 1.807) is 47.0 Å². The summed E-state index contributed by atoms with van der Waals surface area (Å²) in [5.74, 6) is -0.312. The molecule has 4 rings (SSSR count). The molecule has 0 spiro atoms. The van der Waals surface area contributed by atoms with E-state index in [4.69, 9.17) is 16.0 Å². The van der Waals surface area contributed by atoms with Gasteiger partial charge in [0.2, 0.25) is 5.82 Å². The van der Waals surface area contributed by atoms with Crippen LogP contribution in [-0.4, -0.2) is 56.2 Å². The maximum absolute atomic E-state index is 13.0. The van der Waals surface area contributed by atoms with Gasteiger partial charge in [-0.15, -0.1) is 10.2 Å². The van der Waals surface area contributed by atoms with E-state index in [0.29, 0.717) is 47.1 Å². The van der Waals surface area contributed by atoms with Crippen molar-refractivity contribution in [1.82, 2.24) is 29.7 Å². The number of nitrogens with zero attached hydrogens (tertiary/aromatic N) is 6. The van der Waals surface area contributed by atoms with E-state index >= 15 is 0 Å². The highest BCUT2D eigenvalue weighted by atomic mass is 35.5. The molecule has 10 nitrogen and oxygen atoms in total. The number of amides is 1. The molecule has 0 aliphatic carbocycles. The Hall–Kier alpha value is -3.50. The summed E-state index contributed by atoms with van der Waals surface area (Å²) >= 11 is 5.93. The van der Waals surface area contributed by atoms with Gasteiger partial charge in [-0.1, -0.05) is 18.5 Å². The first-order chi connectivity index (χ1) is 15.9. The average molecular weight is 470 g/mol. The molecule has 0 bridgehead atoms. The Kier molecular flexibility index (Phi) is 6.57. The van der Waals surface area contributed by atoms with Gasteiger partial charge < -0.3 is 14.6 Å². The zero-order chi connectivity index (χ0) is 23.5. The van der Waals surface area contributed by atoms with E-state index in [1.807, 2.05) is 25.9 Å². The average Bonchev–Trinajstić information content (AvgIpc) is 3.37. The van der Waals surface area contributed by atoms with Gasteiger partial charge in [0.15, 0.2) is 11.6 Å². The van der Waals surface area contributed by atoms with E-state index in [0.717, 1.165) is 5.56 Å². The molecule has 2 heterocycles. The Bertz CT molecular complexity index is 1320. The lowest BCUT2D eigenvalue weighted by atomic mass is 10.2. The number of fused-ring (bicyclic) bond motifs is 1. The van der Waals surface area contributed by atoms with E-state index in [-0.39, 0.29) is 5.91 Å². The van der Waals surface area contributed by atoms with Gasteiger partial charge >= 0.3 is 5.76 Å². The number of rotatable bonds is 8. The molecular weight excluding hydrogens is 446 g/mol. The molecule has 2 aromatic heterocycles. The van der Waals surface area contributed by atoms with Gasteiger partial charge in [0.05, 0.1) is 5.52 Å². The van der Waals surface area contributed by atoms with Crippen molar-refractivity contribution in [3.05, 3.63) is 58.0 Å². The molecule has 0 saturated carbocycles. The predicted octanol–water partition coefficient (Wildman–Crippen LogP) is 3.05. The molecule has 11 heteroatoms. The number of benzene rings is 2. The minimum absolute atomic E-state index is 0.289. The molecule has 0 radical (unpaired) electrons. The van der Waals surface area contributed by atoms with Crippen molar-refractivity contribution in [1.29, 1.82) is 0 Å². The van der Waals surface area contributed by atoms with Crippen molar-refractivity contribution in [3.8, 4) is 11.4 Å². The Labute approximate surface area is 194 Å². The largest absolute Gasteiger partial charge is 0.419 e. The van der Waals surface area contributed by atoms with Gasteiger partial charge in [-0.05, 0) is 68.2 Å². The standard InChI is InChI=1S/C22H24ClN7O3/c1-4-17(30-26-20(25-27-30)14-5-7-15(23)8-6-14)21(31)24-16-9-10-19-18(13-16)29(22(32)33-19)12-11-28(2)3/h5-10,13,17H,4,11-12H2,1-3H3,(H,24,31). The van der Waals surface area contributed by atoms with Crippen molar-refractivity contribution >= 4 is 34.3 Å². The second kappa shape index (κ2) is 9.55. The number of tetrazole rings is 1. The third-order valence-corrected chi connectivity index (χ3v) is 5.46. The lowest BCUT2D eigenvalue weighted by molar-refractivity contribution is -0.119. The van der Waals surface area contributed by atoms with Crippen LogP contribution in [0, 0.1) is 0 Å². The number of carbonyl (C=O) groups is 1. The van der Waals surface area contributed by atoms with Crippen molar-refractivity contribution in [2.45, 2.75) is 25.9 Å². The zero-order valence-corrected chi connectivity index (χ0v) is 19.3. The molecule has 2 aromatic carbocycles. The lowest BCUT2D eigenvalue weighted by Crippen LogP contribution is -2.27. The second-order valence-corrected chi connectivity index (χ2v) is 8.30. The first kappa shape index (κ1) is 22.7. The third-order valence-electron chi connectivity index (χ3n) is 5.20. The quantitative estimate of drug-likeness (QED) is 0.422. The minimum atomic E-state index is -0.658. The number of aromatic nitrogens is 5. The van der Waals surface area contributed by atoms with Gasteiger partial charge in [0.1, 0.15) is 0 Å². The normalized spacial score (nSPS) is 12.4. The van der Waals surface area contributed by atoms with Crippen LogP contribution in [-0.2, 0) is 11.3 Å². The van der Waals surface area contributed by atoms with Crippen LogP contribution in [0.15, 0.2) is 51.7 Å². The number of carbonyl (C=O) groups excluding carboxylic acids is 1. The number of nitrogens with one attached hydrogen (secondary N) is 1. The number of likely N-dealkylation sites (N-methyl/N-ethyl adjacent to an activating group) is 1. The highest BCUT2D eigenvalue weighted by Gasteiger charge is 2.23. The molecule has 0 aliphatic heterocycles. The third kappa shape index (κ3) is 4.96. The second-order valence-electron chi connectivity index (χ2n) is 7.86. The van der Waals surface area contributed by atoms with Crippen molar-refractivity contribution in [2.75, 3.05) is 26.0 Å². The molecule has 1 unspecified atom stereocenters. The Morgan fingerprint density at radius 3 is 2.67 bits per heavy atom. The summed E-state index contributed by atoms with van der Waals surface area (Å²) < 4.78 is 6.87. The van der Waals surface area contributed by atoms with E-state index < -0.39 is 11.8 Å². The summed E-state index contributed by atoms with van der Waals surface area (Å²) in [5.41, 5.74) is 2.39. The highest BCUT2D eigenvalue weighted by Crippen LogP contribution is 2.22. The maximum atomic E-state index is 13.0. The molecular formula is C22H24ClN7O3. The van der Waals surface area contributed by atoms with Crippen LogP contribution in [0.3, 0.4) is 0 Å². The van der Waals surface area contributed by atoms with Crippen LogP contribution in [0.5, 0.6) is 0 Å². The number of hydrogen-bond donors (Lipinski definition) is 1. The number of hydrogen-bond acceptors (Lipinski definition) is 7. The molecule has 1 amide bonds. The smallest absolute Gasteiger partial charge is 0.408 e. The van der Waals surface area contributed by atoms with E-state index in [2.05, 4.69) is 20.7 Å². The van der Waals surface area contributed by atoms with Crippen LogP contribution >= 0.6 is 11.6 Å². The molecule has 0 saturated heterocycles. The van der Waals surface area contributed by atoms with Crippen LogP contribution in [0.25, 0.3) is 22.5 Å². The number of oxazole rings is 1. The van der Waals surface area contributed by atoms with E-state index in [9.17, 15) is 9.59 Å². The van der Waals surface area contributed by atoms with Gasteiger partial charge in [-0.25, -0.2) is 4.79 Å². The zero-order valence-electron chi connectivity index (χ0n) is 18.5. The van der Waals surface area contributed by atoms with Crippen molar-refractivity contribution in [3.63, 3.8) is 0 Å². The molecule has 1 N–H and O–H groups in total. The molecule has 33 heavy (non-hydrogen) atoms. The molecule has 4 aromatic rings. The first-order valence-electron chi connectivity index (χ1n) is 10.5. The summed E-state index contributed by atoms with van der Waals surface area (Å²) in [6.45, 7) is 3.02. The highest BCUT2D eigenvalue weighted by molar-refractivity contribution is 6.30. The minimum Gasteiger partial charge on any atom is -0.408 e. The molecule has 1 atom stereocenters. The van der Waals surface area contributed by atoms with Crippen LogP contribution < -0.4 is 11.1 Å². The topological polar surface area (TPSA) is 111 Å². The summed E-state index contributed by atoms with van der Waals surface area (Å²) in [4.78, 5) is 28.5. The Morgan fingerprint density at radius 2 is 1.97 bits per heavy atom. The van der Waals surface area contributed by atoms with Crippen LogP contribution in [0.2, 0.25) is 5.02 Å². The number of anilines is 1. The summed E-state index contributed by atoms with van der Waals surface area (Å²) in [6.07, 6.45) is 0.462. The first-order valence-corrected chi connectivity index (χ1v) is 10.9. The van der Waals surface area contributed by atoms with Crippen molar-refractivity contribution in [2.24, 2.45) is 0 Å². The SMILES string of the molecule is CCC(C(=O)Nc1ccc2oc(=O)n(CCN(C)C)c2c1)n1nnc(-c2ccc(Cl)cc2)n1. The number of halogens is 1. The summed E-state index contributed by atoms with van der Waals surface area (Å²) in [7, 11) is 3.86.